The van der Waals surface area contributed by atoms with Crippen molar-refractivity contribution in [3.8, 4) is 34.0 Å². The molecule has 0 atom stereocenters. The standard InChI is InChI=1S/C58H35N3/c59-36-39-18-6-14-28-53(39)61(41-31-30-37-16-4-5-17-38(37)32-41)56-35-52-57(46-25-8-7-23-44(46)56)48-34-55-47(45-24-11-15-29-54(45)60(55)40-19-2-1-3-20-40)33-51(48)58(52)49-26-12-9-21-42(49)43-22-10-13-27-50(43)58/h1-35H. The number of hydrogen-bond acceptors (Lipinski definition) is 2. The Morgan fingerprint density at radius 2 is 1.05 bits per heavy atom. The van der Waals surface area contributed by atoms with Crippen LogP contribution in [0, 0.1) is 11.3 Å². The van der Waals surface area contributed by atoms with Gasteiger partial charge in [0.2, 0.25) is 0 Å². The number of para-hydroxylation sites is 3. The fraction of sp³-hybridized carbons (Fsp3) is 0.0172. The molecule has 0 unspecified atom stereocenters. The van der Waals surface area contributed by atoms with Gasteiger partial charge in [-0.15, -0.1) is 0 Å². The molecule has 0 saturated carbocycles. The molecule has 61 heavy (non-hydrogen) atoms. The lowest BCUT2D eigenvalue weighted by Crippen LogP contribution is -2.26. The van der Waals surface area contributed by atoms with E-state index in [1.54, 1.807) is 0 Å². The normalized spacial score (nSPS) is 13.0. The molecule has 0 bridgehead atoms. The highest BCUT2D eigenvalue weighted by Crippen LogP contribution is 2.65. The second-order valence-corrected chi connectivity index (χ2v) is 16.3. The highest BCUT2D eigenvalue weighted by Gasteiger charge is 2.53. The molecule has 282 valence electrons. The molecular weight excluding hydrogens is 739 g/mol. The topological polar surface area (TPSA) is 32.0 Å². The van der Waals surface area contributed by atoms with Crippen LogP contribution in [0.3, 0.4) is 0 Å². The summed E-state index contributed by atoms with van der Waals surface area (Å²) in [6.07, 6.45) is 0. The van der Waals surface area contributed by atoms with Crippen LogP contribution < -0.4 is 4.90 Å². The van der Waals surface area contributed by atoms with Gasteiger partial charge in [-0.1, -0.05) is 152 Å². The van der Waals surface area contributed by atoms with E-state index < -0.39 is 5.41 Å². The van der Waals surface area contributed by atoms with Crippen molar-refractivity contribution in [3.63, 3.8) is 0 Å². The predicted molar refractivity (Wildman–Crippen MR) is 251 cm³/mol. The summed E-state index contributed by atoms with van der Waals surface area (Å²) in [7, 11) is 0. The third kappa shape index (κ3) is 4.51. The van der Waals surface area contributed by atoms with Crippen LogP contribution in [0.15, 0.2) is 212 Å². The van der Waals surface area contributed by atoms with Gasteiger partial charge in [0.1, 0.15) is 6.07 Å². The maximum absolute atomic E-state index is 10.7. The van der Waals surface area contributed by atoms with Gasteiger partial charge >= 0.3 is 0 Å². The molecule has 13 rings (SSSR count). The van der Waals surface area contributed by atoms with Crippen LogP contribution in [0.1, 0.15) is 27.8 Å². The zero-order valence-corrected chi connectivity index (χ0v) is 33.0. The van der Waals surface area contributed by atoms with Gasteiger partial charge in [-0.3, -0.25) is 0 Å². The molecule has 2 aliphatic carbocycles. The molecule has 3 heteroatoms. The maximum atomic E-state index is 10.7. The SMILES string of the molecule is N#Cc1ccccc1N(c1ccc2ccccc2c1)c1cc2c(c3ccccc13)-c1cc3c(cc1C21c2ccccc2-c2ccccc21)c1ccccc1n3-c1ccccc1. The smallest absolute Gasteiger partial charge is 0.101 e. The number of aromatic nitrogens is 1. The van der Waals surface area contributed by atoms with E-state index in [-0.39, 0.29) is 0 Å². The van der Waals surface area contributed by atoms with E-state index in [0.717, 1.165) is 33.5 Å². The van der Waals surface area contributed by atoms with Crippen molar-refractivity contribution in [2.24, 2.45) is 0 Å². The van der Waals surface area contributed by atoms with Crippen molar-refractivity contribution in [2.75, 3.05) is 4.90 Å². The Labute approximate surface area is 353 Å². The third-order valence-corrected chi connectivity index (χ3v) is 13.4. The monoisotopic (exact) mass is 773 g/mol. The number of nitrogens with zero attached hydrogens (tertiary/aromatic N) is 3. The van der Waals surface area contributed by atoms with Gasteiger partial charge in [0, 0.05) is 27.5 Å². The van der Waals surface area contributed by atoms with Gasteiger partial charge in [-0.05, 0) is 121 Å². The van der Waals surface area contributed by atoms with Crippen molar-refractivity contribution in [3.05, 3.63) is 240 Å². The maximum Gasteiger partial charge on any atom is 0.101 e. The van der Waals surface area contributed by atoms with Gasteiger partial charge in [0.25, 0.3) is 0 Å². The first kappa shape index (κ1) is 33.7. The molecule has 0 amide bonds. The molecule has 1 spiro atoms. The van der Waals surface area contributed by atoms with Crippen LogP contribution in [0.4, 0.5) is 17.1 Å². The molecule has 10 aromatic carbocycles. The zero-order valence-electron chi connectivity index (χ0n) is 33.0. The average molecular weight is 774 g/mol. The minimum absolute atomic E-state index is 0.617. The van der Waals surface area contributed by atoms with E-state index in [9.17, 15) is 5.26 Å². The Kier molecular flexibility index (Phi) is 7.00. The molecule has 1 aromatic heterocycles. The highest BCUT2D eigenvalue weighted by molar-refractivity contribution is 6.17. The average Bonchev–Trinajstić information content (AvgIpc) is 3.92. The summed E-state index contributed by atoms with van der Waals surface area (Å²) in [5, 5.41) is 17.8. The van der Waals surface area contributed by atoms with E-state index in [2.05, 4.69) is 210 Å². The Morgan fingerprint density at radius 3 is 1.84 bits per heavy atom. The van der Waals surface area contributed by atoms with Crippen molar-refractivity contribution in [1.29, 1.82) is 5.26 Å². The Bertz CT molecular complexity index is 3630. The van der Waals surface area contributed by atoms with Gasteiger partial charge in [-0.2, -0.15) is 5.26 Å². The molecule has 11 aromatic rings. The Hall–Kier alpha value is -8.19. The van der Waals surface area contributed by atoms with E-state index in [1.807, 2.05) is 18.2 Å². The van der Waals surface area contributed by atoms with Crippen LogP contribution in [0.5, 0.6) is 0 Å². The van der Waals surface area contributed by atoms with Crippen LogP contribution in [0.25, 0.3) is 71.3 Å². The van der Waals surface area contributed by atoms with Crippen molar-refractivity contribution < 1.29 is 0 Å². The molecule has 0 radical (unpaired) electrons. The Balaban J connectivity index is 1.22. The molecule has 1 heterocycles. The van der Waals surface area contributed by atoms with Crippen molar-refractivity contribution in [1.82, 2.24) is 4.57 Å². The number of rotatable bonds is 4. The summed E-state index contributed by atoms with van der Waals surface area (Å²) in [6.45, 7) is 0. The molecule has 0 fully saturated rings. The van der Waals surface area contributed by atoms with Crippen molar-refractivity contribution in [2.45, 2.75) is 5.41 Å². The first-order valence-electron chi connectivity index (χ1n) is 20.9. The molecular formula is C58H35N3. The lowest BCUT2D eigenvalue weighted by Gasteiger charge is -2.33. The van der Waals surface area contributed by atoms with Gasteiger partial charge < -0.3 is 9.47 Å². The van der Waals surface area contributed by atoms with Gasteiger partial charge in [0.05, 0.1) is 33.4 Å². The molecule has 0 N–H and O–H groups in total. The second kappa shape index (κ2) is 12.7. The third-order valence-electron chi connectivity index (χ3n) is 13.4. The minimum atomic E-state index is -0.620. The van der Waals surface area contributed by atoms with E-state index >= 15 is 0 Å². The van der Waals surface area contributed by atoms with E-state index in [0.29, 0.717) is 5.56 Å². The lowest BCUT2D eigenvalue weighted by molar-refractivity contribution is 0.795. The summed E-state index contributed by atoms with van der Waals surface area (Å²) in [5.74, 6) is 0. The number of anilines is 3. The summed E-state index contributed by atoms with van der Waals surface area (Å²) >= 11 is 0. The first-order chi connectivity index (χ1) is 30.2. The fourth-order valence-electron chi connectivity index (χ4n) is 11.0. The predicted octanol–water partition coefficient (Wildman–Crippen LogP) is 14.8. The van der Waals surface area contributed by atoms with Crippen LogP contribution >= 0.6 is 0 Å². The van der Waals surface area contributed by atoms with Crippen LogP contribution in [0.2, 0.25) is 0 Å². The molecule has 3 nitrogen and oxygen atoms in total. The second-order valence-electron chi connectivity index (χ2n) is 16.3. The van der Waals surface area contributed by atoms with Crippen molar-refractivity contribution >= 4 is 60.4 Å². The fourth-order valence-corrected chi connectivity index (χ4v) is 11.0. The number of benzene rings is 10. The van der Waals surface area contributed by atoms with Crippen LogP contribution in [-0.2, 0) is 5.41 Å². The number of hydrogen-bond donors (Lipinski definition) is 0. The summed E-state index contributed by atoms with van der Waals surface area (Å²) in [6, 6.07) is 79.7. The Morgan fingerprint density at radius 1 is 0.410 bits per heavy atom. The quantitative estimate of drug-likeness (QED) is 0.178. The minimum Gasteiger partial charge on any atom is -0.309 e. The van der Waals surface area contributed by atoms with E-state index in [4.69, 9.17) is 0 Å². The van der Waals surface area contributed by atoms with Gasteiger partial charge in [0.15, 0.2) is 0 Å². The van der Waals surface area contributed by atoms with Crippen LogP contribution in [-0.4, -0.2) is 4.57 Å². The molecule has 0 saturated heterocycles. The molecule has 0 aliphatic heterocycles. The largest absolute Gasteiger partial charge is 0.309 e. The van der Waals surface area contributed by atoms with Gasteiger partial charge in [-0.25, -0.2) is 0 Å². The number of fused-ring (bicyclic) bond motifs is 16. The highest BCUT2D eigenvalue weighted by atomic mass is 15.1. The zero-order chi connectivity index (χ0) is 40.2. The summed E-state index contributed by atoms with van der Waals surface area (Å²) in [5.41, 5.74) is 16.5. The number of nitriles is 1. The molecule has 2 aliphatic rings. The summed E-state index contributed by atoms with van der Waals surface area (Å²) in [4.78, 5) is 2.32. The van der Waals surface area contributed by atoms with E-state index in [1.165, 1.54) is 77.1 Å². The summed E-state index contributed by atoms with van der Waals surface area (Å²) < 4.78 is 2.43. The lowest BCUT2D eigenvalue weighted by atomic mass is 9.70. The first-order valence-corrected chi connectivity index (χ1v) is 20.9.